The van der Waals surface area contributed by atoms with Crippen LogP contribution < -0.4 is 10.3 Å². The average Bonchev–Trinajstić information content (AvgIpc) is 2.93. The van der Waals surface area contributed by atoms with E-state index in [0.29, 0.717) is 5.82 Å². The molecule has 5 rings (SSSR count). The molecule has 6 nitrogen and oxygen atoms in total. The highest BCUT2D eigenvalue weighted by molar-refractivity contribution is 5.83. The maximum Gasteiger partial charge on any atom is 0.259 e. The minimum atomic E-state index is -0.795. The molecule has 1 aliphatic rings. The number of aromatic nitrogens is 4. The zero-order valence-corrected chi connectivity index (χ0v) is 17.6. The molecule has 4 heterocycles. The smallest absolute Gasteiger partial charge is 0.259 e. The van der Waals surface area contributed by atoms with Gasteiger partial charge in [-0.15, -0.1) is 0 Å². The number of hydrogen-bond acceptors (Lipinski definition) is 4. The predicted molar refractivity (Wildman–Crippen MR) is 116 cm³/mol. The number of aryl methyl sites for hydroxylation is 2. The quantitative estimate of drug-likeness (QED) is 0.449. The monoisotopic (exact) mass is 436 g/mol. The lowest BCUT2D eigenvalue weighted by molar-refractivity contribution is 0.292. The first kappa shape index (κ1) is 20.4. The van der Waals surface area contributed by atoms with Crippen LogP contribution in [0.1, 0.15) is 36.2 Å². The average molecular weight is 436 g/mol. The fourth-order valence-electron chi connectivity index (χ4n) is 4.36. The molecule has 1 aliphatic carbocycles. The van der Waals surface area contributed by atoms with Gasteiger partial charge < -0.3 is 9.30 Å². The van der Waals surface area contributed by atoms with Gasteiger partial charge in [0.1, 0.15) is 35.3 Å². The maximum absolute atomic E-state index is 13.7. The summed E-state index contributed by atoms with van der Waals surface area (Å²) in [6.45, 7) is -0.214. The summed E-state index contributed by atoms with van der Waals surface area (Å²) in [6, 6.07) is 7.56. The van der Waals surface area contributed by atoms with Gasteiger partial charge in [-0.05, 0) is 49.4 Å². The van der Waals surface area contributed by atoms with E-state index in [2.05, 4.69) is 9.55 Å². The first-order valence-corrected chi connectivity index (χ1v) is 10.6. The number of halogens is 2. The molecule has 4 aromatic heterocycles. The van der Waals surface area contributed by atoms with E-state index >= 15 is 0 Å². The third-order valence-electron chi connectivity index (χ3n) is 5.99. The van der Waals surface area contributed by atoms with E-state index in [1.54, 1.807) is 12.3 Å². The topological polar surface area (TPSA) is 61.9 Å². The molecule has 0 aliphatic heterocycles. The summed E-state index contributed by atoms with van der Waals surface area (Å²) in [6.07, 6.45) is 8.22. The zero-order chi connectivity index (χ0) is 22.2. The first-order valence-electron chi connectivity index (χ1n) is 10.6. The van der Waals surface area contributed by atoms with Crippen molar-refractivity contribution >= 4 is 11.0 Å². The summed E-state index contributed by atoms with van der Waals surface area (Å²) in [4.78, 5) is 21.2. The largest absolute Gasteiger partial charge is 0.487 e. The van der Waals surface area contributed by atoms with E-state index in [1.165, 1.54) is 41.2 Å². The second-order valence-electron chi connectivity index (χ2n) is 8.03. The fourth-order valence-corrected chi connectivity index (χ4v) is 4.36. The van der Waals surface area contributed by atoms with E-state index in [4.69, 9.17) is 9.72 Å². The fraction of sp³-hybridized carbons (Fsp3) is 0.292. The molecule has 0 amide bonds. The molecule has 0 N–H and O–H groups in total. The van der Waals surface area contributed by atoms with Gasteiger partial charge in [-0.25, -0.2) is 13.8 Å². The third-order valence-corrected chi connectivity index (χ3v) is 5.99. The number of nitrogens with zero attached hydrogens (tertiary/aromatic N) is 4. The van der Waals surface area contributed by atoms with Crippen LogP contribution in [-0.4, -0.2) is 19.1 Å². The van der Waals surface area contributed by atoms with Crippen molar-refractivity contribution < 1.29 is 13.5 Å². The number of pyridine rings is 3. The second kappa shape index (κ2) is 8.18. The molecule has 0 atom stereocenters. The predicted octanol–water partition coefficient (Wildman–Crippen LogP) is 4.25. The highest BCUT2D eigenvalue weighted by Gasteiger charge is 2.19. The number of rotatable bonds is 4. The van der Waals surface area contributed by atoms with Gasteiger partial charge in [-0.1, -0.05) is 6.42 Å². The highest BCUT2D eigenvalue weighted by atomic mass is 19.1. The lowest BCUT2D eigenvalue weighted by Gasteiger charge is -2.09. The van der Waals surface area contributed by atoms with Gasteiger partial charge in [-0.2, -0.15) is 0 Å². The van der Waals surface area contributed by atoms with Crippen LogP contribution in [0, 0.1) is 11.6 Å². The Morgan fingerprint density at radius 1 is 1.09 bits per heavy atom. The highest BCUT2D eigenvalue weighted by Crippen LogP contribution is 2.30. The molecule has 0 saturated heterocycles. The molecular weight excluding hydrogens is 414 g/mol. The maximum atomic E-state index is 13.7. The SMILES string of the molecule is Cn1c2c(c3ccc(-n4ccc(OCc5ncc(F)cc5F)cc4=O)nc31)CCCCC2. The zero-order valence-electron chi connectivity index (χ0n) is 17.6. The Hall–Kier alpha value is -3.55. The van der Waals surface area contributed by atoms with E-state index < -0.39 is 11.6 Å². The van der Waals surface area contributed by atoms with E-state index in [1.807, 2.05) is 19.2 Å². The van der Waals surface area contributed by atoms with Gasteiger partial charge >= 0.3 is 0 Å². The van der Waals surface area contributed by atoms with Crippen molar-refractivity contribution in [3.8, 4) is 11.6 Å². The molecule has 0 fully saturated rings. The summed E-state index contributed by atoms with van der Waals surface area (Å²) >= 11 is 0. The summed E-state index contributed by atoms with van der Waals surface area (Å²) in [5.74, 6) is -0.760. The van der Waals surface area contributed by atoms with Gasteiger partial charge in [0.05, 0.1) is 6.20 Å². The molecule has 164 valence electrons. The molecule has 4 aromatic rings. The van der Waals surface area contributed by atoms with Crippen molar-refractivity contribution in [1.82, 2.24) is 19.1 Å². The molecule has 0 radical (unpaired) electrons. The van der Waals surface area contributed by atoms with E-state index in [0.717, 1.165) is 36.1 Å². The summed E-state index contributed by atoms with van der Waals surface area (Å²) in [5, 5.41) is 1.15. The van der Waals surface area contributed by atoms with Crippen LogP contribution in [0.25, 0.3) is 16.9 Å². The van der Waals surface area contributed by atoms with Crippen molar-refractivity contribution in [3.05, 3.63) is 81.7 Å². The van der Waals surface area contributed by atoms with E-state index in [9.17, 15) is 13.6 Å². The lowest BCUT2D eigenvalue weighted by Crippen LogP contribution is -2.18. The molecule has 0 saturated carbocycles. The molecule has 0 unspecified atom stereocenters. The molecular formula is C24H22F2N4O2. The van der Waals surface area contributed by atoms with Crippen LogP contribution >= 0.6 is 0 Å². The first-order chi connectivity index (χ1) is 15.5. The van der Waals surface area contributed by atoms with Crippen molar-refractivity contribution in [2.24, 2.45) is 7.05 Å². The Morgan fingerprint density at radius 3 is 2.75 bits per heavy atom. The number of fused-ring (bicyclic) bond motifs is 3. The Balaban J connectivity index is 1.42. The van der Waals surface area contributed by atoms with Gasteiger partial charge in [0.25, 0.3) is 5.56 Å². The standard InChI is InChI=1S/C24H22F2N4O2/c1-29-21-6-4-2-3-5-17(21)18-7-8-22(28-24(18)29)30-10-9-16(12-23(30)31)32-14-20-19(26)11-15(25)13-27-20/h7-13H,2-6,14H2,1H3. The molecule has 0 bridgehead atoms. The van der Waals surface area contributed by atoms with Gasteiger partial charge in [0, 0.05) is 36.5 Å². The molecule has 32 heavy (non-hydrogen) atoms. The van der Waals surface area contributed by atoms with Gasteiger partial charge in [-0.3, -0.25) is 14.3 Å². The number of hydrogen-bond donors (Lipinski definition) is 0. The van der Waals surface area contributed by atoms with Gasteiger partial charge in [0.2, 0.25) is 0 Å². The molecule has 8 heteroatoms. The number of ether oxygens (including phenoxy) is 1. The van der Waals surface area contributed by atoms with Crippen LogP contribution in [0.2, 0.25) is 0 Å². The van der Waals surface area contributed by atoms with Crippen LogP contribution in [0.5, 0.6) is 5.75 Å². The van der Waals surface area contributed by atoms with Crippen LogP contribution in [0.15, 0.2) is 47.5 Å². The summed E-state index contributed by atoms with van der Waals surface area (Å²) in [7, 11) is 2.03. The Bertz CT molecular complexity index is 1380. The molecule has 0 spiro atoms. The van der Waals surface area contributed by atoms with Crippen molar-refractivity contribution in [2.75, 3.05) is 0 Å². The second-order valence-corrected chi connectivity index (χ2v) is 8.03. The van der Waals surface area contributed by atoms with Crippen LogP contribution in [0.4, 0.5) is 8.78 Å². The minimum absolute atomic E-state index is 0.0360. The minimum Gasteiger partial charge on any atom is -0.487 e. The van der Waals surface area contributed by atoms with Crippen molar-refractivity contribution in [2.45, 2.75) is 38.7 Å². The van der Waals surface area contributed by atoms with Crippen LogP contribution in [-0.2, 0) is 26.5 Å². The lowest BCUT2D eigenvalue weighted by atomic mass is 10.1. The third kappa shape index (κ3) is 3.66. The molecule has 0 aromatic carbocycles. The van der Waals surface area contributed by atoms with E-state index in [-0.39, 0.29) is 23.6 Å². The van der Waals surface area contributed by atoms with Crippen LogP contribution in [0.3, 0.4) is 0 Å². The summed E-state index contributed by atoms with van der Waals surface area (Å²) < 4.78 is 35.8. The normalized spacial score (nSPS) is 13.7. The Morgan fingerprint density at radius 2 is 1.94 bits per heavy atom. The Kier molecular flexibility index (Phi) is 5.20. The Labute approximate surface area is 183 Å². The summed E-state index contributed by atoms with van der Waals surface area (Å²) in [5.41, 5.74) is 3.22. The van der Waals surface area contributed by atoms with Crippen molar-refractivity contribution in [1.29, 1.82) is 0 Å². The van der Waals surface area contributed by atoms with Crippen molar-refractivity contribution in [3.63, 3.8) is 0 Å². The van der Waals surface area contributed by atoms with Gasteiger partial charge in [0.15, 0.2) is 5.82 Å².